The van der Waals surface area contributed by atoms with Crippen LogP contribution in [0.2, 0.25) is 0 Å². The van der Waals surface area contributed by atoms with Crippen molar-refractivity contribution in [3.8, 4) is 0 Å². The lowest BCUT2D eigenvalue weighted by atomic mass is 10.2. The van der Waals surface area contributed by atoms with Crippen LogP contribution in [-0.2, 0) is 0 Å². The molecule has 0 radical (unpaired) electrons. The van der Waals surface area contributed by atoms with Gasteiger partial charge in [0.1, 0.15) is 5.82 Å². The van der Waals surface area contributed by atoms with Crippen molar-refractivity contribution < 1.29 is 9.18 Å². The average molecular weight is 276 g/mol. The van der Waals surface area contributed by atoms with Gasteiger partial charge in [0.25, 0.3) is 5.91 Å². The van der Waals surface area contributed by atoms with Crippen molar-refractivity contribution in [1.82, 2.24) is 9.80 Å². The zero-order valence-corrected chi connectivity index (χ0v) is 11.9. The second kappa shape index (κ2) is 5.52. The summed E-state index contributed by atoms with van der Waals surface area (Å²) in [6, 6.07) is 6.98. The van der Waals surface area contributed by atoms with E-state index in [4.69, 9.17) is 0 Å². The Morgan fingerprint density at radius 2 is 1.95 bits per heavy atom. The molecule has 0 bridgehead atoms. The van der Waals surface area contributed by atoms with Crippen LogP contribution in [0.4, 0.5) is 4.39 Å². The molecule has 3 rings (SSSR count). The van der Waals surface area contributed by atoms with Crippen LogP contribution < -0.4 is 0 Å². The van der Waals surface area contributed by atoms with Gasteiger partial charge in [-0.15, -0.1) is 0 Å². The number of halogens is 1. The van der Waals surface area contributed by atoms with Crippen molar-refractivity contribution in [2.45, 2.75) is 38.3 Å². The molecule has 2 aliphatic rings. The molecule has 0 saturated carbocycles. The number of hydrogen-bond donors (Lipinski definition) is 0. The molecule has 2 atom stereocenters. The monoisotopic (exact) mass is 276 g/mol. The number of carbonyl (C=O) groups excluding carboxylic acids is 1. The van der Waals surface area contributed by atoms with E-state index in [0.29, 0.717) is 17.6 Å². The van der Waals surface area contributed by atoms with Gasteiger partial charge in [-0.25, -0.2) is 4.39 Å². The predicted molar refractivity (Wildman–Crippen MR) is 76.1 cm³/mol. The Labute approximate surface area is 119 Å². The molecule has 2 aliphatic heterocycles. The van der Waals surface area contributed by atoms with E-state index in [1.807, 2.05) is 4.90 Å². The first-order chi connectivity index (χ1) is 9.65. The van der Waals surface area contributed by atoms with Gasteiger partial charge in [0.15, 0.2) is 0 Å². The Kier molecular flexibility index (Phi) is 3.74. The van der Waals surface area contributed by atoms with Crippen molar-refractivity contribution in [1.29, 1.82) is 0 Å². The van der Waals surface area contributed by atoms with Gasteiger partial charge in [-0.1, -0.05) is 0 Å². The Morgan fingerprint density at radius 1 is 1.20 bits per heavy atom. The molecule has 1 aromatic rings. The van der Waals surface area contributed by atoms with Crippen molar-refractivity contribution in [3.05, 3.63) is 35.6 Å². The van der Waals surface area contributed by atoms with Gasteiger partial charge in [-0.3, -0.25) is 9.69 Å². The van der Waals surface area contributed by atoms with Crippen LogP contribution in [-0.4, -0.2) is 47.4 Å². The Morgan fingerprint density at radius 3 is 2.60 bits per heavy atom. The van der Waals surface area contributed by atoms with Crippen molar-refractivity contribution in [2.75, 3.05) is 19.6 Å². The summed E-state index contributed by atoms with van der Waals surface area (Å²) >= 11 is 0. The number of carbonyl (C=O) groups is 1. The molecule has 1 aromatic carbocycles. The standard InChI is InChI=1S/C16H21FN2O/c1-12-3-2-9-19(12)15-8-10-18(11-15)16(20)13-4-6-14(17)7-5-13/h4-7,12,15H,2-3,8-11H2,1H3. The number of rotatable bonds is 2. The molecule has 0 aliphatic carbocycles. The molecule has 2 unspecified atom stereocenters. The van der Waals surface area contributed by atoms with Crippen LogP contribution in [0.15, 0.2) is 24.3 Å². The van der Waals surface area contributed by atoms with E-state index in [-0.39, 0.29) is 11.7 Å². The first kappa shape index (κ1) is 13.6. The van der Waals surface area contributed by atoms with E-state index < -0.39 is 0 Å². The van der Waals surface area contributed by atoms with Gasteiger partial charge < -0.3 is 4.90 Å². The maximum absolute atomic E-state index is 12.9. The van der Waals surface area contributed by atoms with Gasteiger partial charge in [-0.05, 0) is 57.0 Å². The van der Waals surface area contributed by atoms with Gasteiger partial charge in [0, 0.05) is 30.7 Å². The summed E-state index contributed by atoms with van der Waals surface area (Å²) in [5, 5.41) is 0. The quantitative estimate of drug-likeness (QED) is 0.828. The molecule has 3 nitrogen and oxygen atoms in total. The smallest absolute Gasteiger partial charge is 0.253 e. The van der Waals surface area contributed by atoms with Crippen LogP contribution in [0.5, 0.6) is 0 Å². The lowest BCUT2D eigenvalue weighted by molar-refractivity contribution is 0.0774. The highest BCUT2D eigenvalue weighted by Gasteiger charge is 2.34. The normalized spacial score (nSPS) is 27.2. The highest BCUT2D eigenvalue weighted by Crippen LogP contribution is 2.25. The maximum Gasteiger partial charge on any atom is 0.253 e. The molecule has 20 heavy (non-hydrogen) atoms. The predicted octanol–water partition coefficient (Wildman–Crippen LogP) is 2.52. The number of likely N-dealkylation sites (tertiary alicyclic amines) is 2. The van der Waals surface area contributed by atoms with Crippen LogP contribution in [0.1, 0.15) is 36.5 Å². The minimum atomic E-state index is -0.299. The Hall–Kier alpha value is -1.42. The summed E-state index contributed by atoms with van der Waals surface area (Å²) in [7, 11) is 0. The SMILES string of the molecule is CC1CCCN1C1CCN(C(=O)c2ccc(F)cc2)C1. The second-order valence-corrected chi connectivity index (χ2v) is 5.93. The van der Waals surface area contributed by atoms with E-state index in [1.165, 1.54) is 25.0 Å². The molecular weight excluding hydrogens is 255 g/mol. The highest BCUT2D eigenvalue weighted by atomic mass is 19.1. The summed E-state index contributed by atoms with van der Waals surface area (Å²) in [5.41, 5.74) is 0.585. The maximum atomic E-state index is 12.9. The summed E-state index contributed by atoms with van der Waals surface area (Å²) in [5.74, 6) is -0.272. The van der Waals surface area contributed by atoms with Crippen LogP contribution in [0.25, 0.3) is 0 Å². The van der Waals surface area contributed by atoms with E-state index in [1.54, 1.807) is 12.1 Å². The van der Waals surface area contributed by atoms with Gasteiger partial charge in [-0.2, -0.15) is 0 Å². The third kappa shape index (κ3) is 2.57. The molecule has 2 heterocycles. The van der Waals surface area contributed by atoms with Crippen molar-refractivity contribution in [2.24, 2.45) is 0 Å². The second-order valence-electron chi connectivity index (χ2n) is 5.93. The first-order valence-electron chi connectivity index (χ1n) is 7.46. The lowest BCUT2D eigenvalue weighted by Gasteiger charge is -2.28. The molecule has 0 N–H and O–H groups in total. The topological polar surface area (TPSA) is 23.6 Å². The number of amides is 1. The zero-order valence-electron chi connectivity index (χ0n) is 11.9. The molecule has 4 heteroatoms. The molecule has 0 spiro atoms. The number of nitrogens with zero attached hydrogens (tertiary/aromatic N) is 2. The minimum absolute atomic E-state index is 0.0272. The van der Waals surface area contributed by atoms with Gasteiger partial charge in [0.2, 0.25) is 0 Å². The number of benzene rings is 1. The fraction of sp³-hybridized carbons (Fsp3) is 0.562. The van der Waals surface area contributed by atoms with Crippen molar-refractivity contribution in [3.63, 3.8) is 0 Å². The summed E-state index contributed by atoms with van der Waals surface area (Å²) in [6.07, 6.45) is 3.59. The lowest BCUT2D eigenvalue weighted by Crippen LogP contribution is -2.40. The molecule has 1 amide bonds. The van der Waals surface area contributed by atoms with Gasteiger partial charge in [0.05, 0.1) is 0 Å². The van der Waals surface area contributed by atoms with Crippen molar-refractivity contribution >= 4 is 5.91 Å². The summed E-state index contributed by atoms with van der Waals surface area (Å²) in [6.45, 7) is 5.05. The van der Waals surface area contributed by atoms with E-state index in [2.05, 4.69) is 11.8 Å². The molecule has 108 valence electrons. The average Bonchev–Trinajstić information content (AvgIpc) is 3.07. The van der Waals surface area contributed by atoms with E-state index in [0.717, 1.165) is 26.1 Å². The molecule has 2 saturated heterocycles. The van der Waals surface area contributed by atoms with Crippen LogP contribution >= 0.6 is 0 Å². The van der Waals surface area contributed by atoms with Crippen LogP contribution in [0, 0.1) is 5.82 Å². The fourth-order valence-corrected chi connectivity index (χ4v) is 3.47. The van der Waals surface area contributed by atoms with Gasteiger partial charge >= 0.3 is 0 Å². The first-order valence-corrected chi connectivity index (χ1v) is 7.46. The molecular formula is C16H21FN2O. The summed E-state index contributed by atoms with van der Waals surface area (Å²) in [4.78, 5) is 16.8. The largest absolute Gasteiger partial charge is 0.337 e. The highest BCUT2D eigenvalue weighted by molar-refractivity contribution is 5.94. The molecule has 0 aromatic heterocycles. The van der Waals surface area contributed by atoms with Crippen LogP contribution in [0.3, 0.4) is 0 Å². The summed E-state index contributed by atoms with van der Waals surface area (Å²) < 4.78 is 12.9. The minimum Gasteiger partial charge on any atom is -0.337 e. The Balaban J connectivity index is 1.64. The Bertz CT molecular complexity index is 488. The van der Waals surface area contributed by atoms with E-state index >= 15 is 0 Å². The zero-order chi connectivity index (χ0) is 14.1. The third-order valence-corrected chi connectivity index (χ3v) is 4.62. The third-order valence-electron chi connectivity index (χ3n) is 4.62. The van der Waals surface area contributed by atoms with E-state index in [9.17, 15) is 9.18 Å². The number of hydrogen-bond acceptors (Lipinski definition) is 2. The fourth-order valence-electron chi connectivity index (χ4n) is 3.47. The molecule has 2 fully saturated rings.